The molecule has 0 atom stereocenters. The average molecular weight is 397 g/mol. The highest BCUT2D eigenvalue weighted by Crippen LogP contribution is 2.34. The number of hydrogen-bond acceptors (Lipinski definition) is 3. The fourth-order valence-electron chi connectivity index (χ4n) is 4.18. The van der Waals surface area contributed by atoms with Crippen LogP contribution in [0.3, 0.4) is 0 Å². The van der Waals surface area contributed by atoms with E-state index in [1.54, 1.807) is 6.08 Å². The zero-order valence-electron chi connectivity index (χ0n) is 16.4. The van der Waals surface area contributed by atoms with Crippen LogP contribution >= 0.6 is 0 Å². The van der Waals surface area contributed by atoms with Crippen molar-refractivity contribution in [1.82, 2.24) is 10.3 Å². The second-order valence-electron chi connectivity index (χ2n) is 7.84. The highest BCUT2D eigenvalue weighted by atomic mass is 19.1. The number of halogens is 1. The molecule has 2 aliphatic rings. The summed E-state index contributed by atoms with van der Waals surface area (Å²) >= 11 is 0. The van der Waals surface area contributed by atoms with Crippen molar-refractivity contribution in [2.24, 2.45) is 0 Å². The van der Waals surface area contributed by atoms with Crippen molar-refractivity contribution >= 4 is 29.2 Å². The van der Waals surface area contributed by atoms with Gasteiger partial charge in [0.05, 0.1) is 17.2 Å². The van der Waals surface area contributed by atoms with Gasteiger partial charge in [-0.1, -0.05) is 0 Å². The summed E-state index contributed by atoms with van der Waals surface area (Å²) in [4.78, 5) is 28.4. The monoisotopic (exact) mass is 397 g/mol. The smallest absolute Gasteiger partial charge is 0.256 e. The number of H-pyrrole nitrogens is 1. The number of nitrogens with one attached hydrogen (secondary N) is 3. The standard InChI is InChI=1S/C22H24FN3O3/c1-11-19(10-17-16-9-13(23)3-8-18(16)26-21(17)28)24-12(2)20(11)22(29)25-14-4-6-15(27)7-5-14/h3,8-10,14-15,24,27H,4-7H2,1-2H3,(H,25,29)(H,26,28)/b17-10-/t14-,15-. The van der Waals surface area contributed by atoms with Gasteiger partial charge in [0.15, 0.2) is 0 Å². The summed E-state index contributed by atoms with van der Waals surface area (Å²) in [6, 6.07) is 4.22. The number of amides is 2. The predicted octanol–water partition coefficient (Wildman–Crippen LogP) is 3.30. The fraction of sp³-hybridized carbons (Fsp3) is 0.364. The number of aromatic amines is 1. The van der Waals surface area contributed by atoms with Crippen molar-refractivity contribution in [2.45, 2.75) is 51.7 Å². The van der Waals surface area contributed by atoms with Gasteiger partial charge in [0.25, 0.3) is 11.8 Å². The Labute approximate surface area is 168 Å². The van der Waals surface area contributed by atoms with Crippen molar-refractivity contribution in [2.75, 3.05) is 5.32 Å². The van der Waals surface area contributed by atoms with E-state index in [0.29, 0.717) is 46.6 Å². The Balaban J connectivity index is 1.61. The van der Waals surface area contributed by atoms with Crippen LogP contribution in [-0.4, -0.2) is 34.1 Å². The van der Waals surface area contributed by atoms with E-state index in [0.717, 1.165) is 18.4 Å². The van der Waals surface area contributed by atoms with E-state index in [1.807, 2.05) is 13.8 Å². The molecule has 4 N–H and O–H groups in total. The van der Waals surface area contributed by atoms with Crippen LogP contribution in [0.5, 0.6) is 0 Å². The first-order chi connectivity index (χ1) is 13.8. The van der Waals surface area contributed by atoms with E-state index in [2.05, 4.69) is 15.6 Å². The van der Waals surface area contributed by atoms with Crippen LogP contribution in [0.2, 0.25) is 0 Å². The SMILES string of the molecule is Cc1[nH]c(/C=C2\C(=O)Nc3ccc(F)cc32)c(C)c1C(=O)N[C@H]1CC[C@H](O)CC1. The summed E-state index contributed by atoms with van der Waals surface area (Å²) < 4.78 is 13.7. The summed E-state index contributed by atoms with van der Waals surface area (Å²) in [5.41, 5.74) is 4.09. The molecule has 7 heteroatoms. The van der Waals surface area contributed by atoms with Gasteiger partial charge in [-0.25, -0.2) is 4.39 Å². The first kappa shape index (κ1) is 19.4. The largest absolute Gasteiger partial charge is 0.393 e. The molecule has 1 aromatic carbocycles. The second kappa shape index (κ2) is 7.48. The molecule has 0 unspecified atom stereocenters. The number of fused-ring (bicyclic) bond motifs is 1. The molecule has 2 aromatic rings. The van der Waals surface area contributed by atoms with Crippen LogP contribution < -0.4 is 10.6 Å². The van der Waals surface area contributed by atoms with Crippen molar-refractivity contribution in [3.05, 3.63) is 52.1 Å². The lowest BCUT2D eigenvalue weighted by Crippen LogP contribution is -2.38. The minimum absolute atomic E-state index is 0.0527. The summed E-state index contributed by atoms with van der Waals surface area (Å²) in [6.07, 6.45) is 4.29. The van der Waals surface area contributed by atoms with E-state index < -0.39 is 5.82 Å². The lowest BCUT2D eigenvalue weighted by atomic mass is 9.93. The number of aliphatic hydroxyl groups excluding tert-OH is 1. The summed E-state index contributed by atoms with van der Waals surface area (Å²) in [6.45, 7) is 3.64. The third-order valence-corrected chi connectivity index (χ3v) is 5.79. The van der Waals surface area contributed by atoms with Crippen LogP contribution in [0.25, 0.3) is 11.6 Å². The molecular formula is C22H24FN3O3. The molecule has 29 heavy (non-hydrogen) atoms. The summed E-state index contributed by atoms with van der Waals surface area (Å²) in [5.74, 6) is -0.878. The van der Waals surface area contributed by atoms with Gasteiger partial charge >= 0.3 is 0 Å². The van der Waals surface area contributed by atoms with Crippen molar-refractivity contribution < 1.29 is 19.1 Å². The third kappa shape index (κ3) is 3.70. The molecule has 1 aromatic heterocycles. The number of hydrogen-bond donors (Lipinski definition) is 4. The van der Waals surface area contributed by atoms with Gasteiger partial charge in [0.1, 0.15) is 5.82 Å². The van der Waals surface area contributed by atoms with Crippen LogP contribution in [0.15, 0.2) is 18.2 Å². The number of aromatic nitrogens is 1. The molecule has 6 nitrogen and oxygen atoms in total. The molecular weight excluding hydrogens is 373 g/mol. The van der Waals surface area contributed by atoms with E-state index >= 15 is 0 Å². The third-order valence-electron chi connectivity index (χ3n) is 5.79. The maximum Gasteiger partial charge on any atom is 0.256 e. The van der Waals surface area contributed by atoms with Gasteiger partial charge in [-0.15, -0.1) is 0 Å². The molecule has 2 heterocycles. The summed E-state index contributed by atoms with van der Waals surface area (Å²) in [7, 11) is 0. The molecule has 152 valence electrons. The van der Waals surface area contributed by atoms with Gasteiger partial charge < -0.3 is 20.7 Å². The molecule has 0 radical (unpaired) electrons. The van der Waals surface area contributed by atoms with E-state index in [1.165, 1.54) is 18.2 Å². The first-order valence-electron chi connectivity index (χ1n) is 9.84. The topological polar surface area (TPSA) is 94.2 Å². The van der Waals surface area contributed by atoms with Gasteiger partial charge in [-0.05, 0) is 69.4 Å². The number of benzene rings is 1. The fourth-order valence-corrected chi connectivity index (χ4v) is 4.18. The Kier molecular flexibility index (Phi) is 5.00. The van der Waals surface area contributed by atoms with E-state index in [-0.39, 0.29) is 24.0 Å². The van der Waals surface area contributed by atoms with Crippen molar-refractivity contribution in [3.63, 3.8) is 0 Å². The van der Waals surface area contributed by atoms with Crippen molar-refractivity contribution in [3.8, 4) is 0 Å². The zero-order chi connectivity index (χ0) is 20.7. The van der Waals surface area contributed by atoms with Crippen molar-refractivity contribution in [1.29, 1.82) is 0 Å². The Morgan fingerprint density at radius 3 is 2.69 bits per heavy atom. The second-order valence-corrected chi connectivity index (χ2v) is 7.84. The Morgan fingerprint density at radius 1 is 1.24 bits per heavy atom. The molecule has 0 bridgehead atoms. The van der Waals surface area contributed by atoms with E-state index in [4.69, 9.17) is 0 Å². The minimum Gasteiger partial charge on any atom is -0.393 e. The van der Waals surface area contributed by atoms with Gasteiger partial charge in [-0.3, -0.25) is 9.59 Å². The Morgan fingerprint density at radius 2 is 1.97 bits per heavy atom. The molecule has 0 saturated heterocycles. The van der Waals surface area contributed by atoms with Crippen LogP contribution in [0.4, 0.5) is 10.1 Å². The van der Waals surface area contributed by atoms with Crippen LogP contribution in [-0.2, 0) is 4.79 Å². The number of carbonyl (C=O) groups excluding carboxylic acids is 2. The first-order valence-corrected chi connectivity index (χ1v) is 9.84. The number of anilines is 1. The summed E-state index contributed by atoms with van der Waals surface area (Å²) in [5, 5.41) is 15.4. The zero-order valence-corrected chi connectivity index (χ0v) is 16.4. The highest BCUT2D eigenvalue weighted by molar-refractivity contribution is 6.34. The molecule has 1 saturated carbocycles. The molecule has 1 aliphatic heterocycles. The maximum absolute atomic E-state index is 13.7. The molecule has 2 amide bonds. The molecule has 0 spiro atoms. The van der Waals surface area contributed by atoms with Gasteiger partial charge in [0, 0.05) is 28.7 Å². The lowest BCUT2D eigenvalue weighted by molar-refractivity contribution is -0.110. The van der Waals surface area contributed by atoms with Gasteiger partial charge in [-0.2, -0.15) is 0 Å². The number of aryl methyl sites for hydroxylation is 1. The molecule has 1 aliphatic carbocycles. The van der Waals surface area contributed by atoms with Crippen LogP contribution in [0, 0.1) is 19.7 Å². The van der Waals surface area contributed by atoms with Gasteiger partial charge in [0.2, 0.25) is 0 Å². The number of carbonyl (C=O) groups is 2. The Bertz CT molecular complexity index is 1020. The Hall–Kier alpha value is -2.93. The molecule has 4 rings (SSSR count). The maximum atomic E-state index is 13.7. The average Bonchev–Trinajstić information content (AvgIpc) is 3.13. The highest BCUT2D eigenvalue weighted by Gasteiger charge is 2.27. The lowest BCUT2D eigenvalue weighted by Gasteiger charge is -2.26. The quantitative estimate of drug-likeness (QED) is 0.599. The normalized spacial score (nSPS) is 22.5. The molecule has 1 fully saturated rings. The van der Waals surface area contributed by atoms with Crippen LogP contribution in [0.1, 0.15) is 58.6 Å². The number of aliphatic hydroxyl groups is 1. The predicted molar refractivity (Wildman–Crippen MR) is 109 cm³/mol. The number of rotatable bonds is 3. The van der Waals surface area contributed by atoms with E-state index in [9.17, 15) is 19.1 Å². The minimum atomic E-state index is -0.414.